The fourth-order valence-corrected chi connectivity index (χ4v) is 2.38. The van der Waals surface area contributed by atoms with Crippen molar-refractivity contribution in [2.45, 2.75) is 45.6 Å². The Hall–Kier alpha value is -2.76. The molecule has 0 unspecified atom stereocenters. The number of likely N-dealkylation sites (tertiary alicyclic amines) is 1. The van der Waals surface area contributed by atoms with E-state index in [-0.39, 0.29) is 18.0 Å². The first-order valence-electron chi connectivity index (χ1n) is 9.09. The normalized spacial score (nSPS) is 14.5. The third kappa shape index (κ3) is 9.49. The number of carbonyl (C=O) groups is 3. The summed E-state index contributed by atoms with van der Waals surface area (Å²) in [5.74, 6) is -0.319. The number of nitriles is 1. The molecular weight excluding hydrogens is 350 g/mol. The maximum atomic E-state index is 12.0. The van der Waals surface area contributed by atoms with E-state index in [1.54, 1.807) is 25.7 Å². The van der Waals surface area contributed by atoms with Crippen LogP contribution in [0.25, 0.3) is 0 Å². The lowest BCUT2D eigenvalue weighted by Crippen LogP contribution is -2.36. The van der Waals surface area contributed by atoms with Gasteiger partial charge in [-0.25, -0.2) is 4.79 Å². The molecule has 0 bridgehead atoms. The smallest absolute Gasteiger partial charge is 0.407 e. The Kier molecular flexibility index (Phi) is 9.13. The summed E-state index contributed by atoms with van der Waals surface area (Å²) in [6.07, 6.45) is 2.92. The van der Waals surface area contributed by atoms with Gasteiger partial charge in [0.1, 0.15) is 17.2 Å². The zero-order chi connectivity index (χ0) is 20.3. The van der Waals surface area contributed by atoms with E-state index in [1.165, 1.54) is 6.20 Å². The van der Waals surface area contributed by atoms with Crippen LogP contribution >= 0.6 is 0 Å². The zero-order valence-electron chi connectivity index (χ0n) is 16.3. The highest BCUT2D eigenvalue weighted by molar-refractivity contribution is 5.97. The summed E-state index contributed by atoms with van der Waals surface area (Å²) in [4.78, 5) is 36.7. The molecule has 1 saturated heterocycles. The zero-order valence-corrected chi connectivity index (χ0v) is 16.3. The molecule has 0 aromatic carbocycles. The molecule has 9 heteroatoms. The second kappa shape index (κ2) is 11.1. The van der Waals surface area contributed by atoms with Gasteiger partial charge in [-0.3, -0.25) is 9.59 Å². The number of nitrogens with zero attached hydrogens (tertiary/aromatic N) is 2. The fourth-order valence-electron chi connectivity index (χ4n) is 2.38. The molecule has 0 radical (unpaired) electrons. The molecule has 0 spiro atoms. The predicted molar refractivity (Wildman–Crippen MR) is 99.4 cm³/mol. The van der Waals surface area contributed by atoms with E-state index in [4.69, 9.17) is 10.00 Å². The Balaban J connectivity index is 2.20. The first-order valence-corrected chi connectivity index (χ1v) is 9.09. The topological polar surface area (TPSA) is 124 Å². The number of hydrogen-bond donors (Lipinski definition) is 3. The SMILES string of the molecule is CC(C)(C)OC(=O)NCCN/C=C(/C#N)C(=O)NCCCN1CCCC1=O. The summed E-state index contributed by atoms with van der Waals surface area (Å²) in [7, 11) is 0. The van der Waals surface area contributed by atoms with Crippen molar-refractivity contribution in [1.82, 2.24) is 20.9 Å². The average molecular weight is 379 g/mol. The van der Waals surface area contributed by atoms with Crippen molar-refractivity contribution in [3.63, 3.8) is 0 Å². The second-order valence-corrected chi connectivity index (χ2v) is 7.15. The molecular formula is C18H29N5O4. The molecule has 27 heavy (non-hydrogen) atoms. The molecule has 1 rings (SSSR count). The maximum absolute atomic E-state index is 12.0. The van der Waals surface area contributed by atoms with E-state index in [0.717, 1.165) is 13.0 Å². The Morgan fingerprint density at radius 2 is 2.00 bits per heavy atom. The molecule has 1 aliphatic heterocycles. The van der Waals surface area contributed by atoms with Crippen LogP contribution in [-0.2, 0) is 14.3 Å². The number of rotatable bonds is 9. The van der Waals surface area contributed by atoms with Gasteiger partial charge in [-0.05, 0) is 33.6 Å². The van der Waals surface area contributed by atoms with E-state index in [1.807, 2.05) is 6.07 Å². The van der Waals surface area contributed by atoms with E-state index in [9.17, 15) is 14.4 Å². The first kappa shape index (κ1) is 22.3. The van der Waals surface area contributed by atoms with Crippen LogP contribution in [0.2, 0.25) is 0 Å². The number of nitrogens with one attached hydrogen (secondary N) is 3. The van der Waals surface area contributed by atoms with Crippen LogP contribution in [0, 0.1) is 11.3 Å². The third-order valence-electron chi connectivity index (χ3n) is 3.61. The van der Waals surface area contributed by atoms with Gasteiger partial charge in [0.2, 0.25) is 5.91 Å². The van der Waals surface area contributed by atoms with Crippen molar-refractivity contribution < 1.29 is 19.1 Å². The van der Waals surface area contributed by atoms with Crippen molar-refractivity contribution in [2.75, 3.05) is 32.7 Å². The molecule has 1 heterocycles. The molecule has 1 fully saturated rings. The van der Waals surface area contributed by atoms with Crippen molar-refractivity contribution in [3.8, 4) is 6.07 Å². The van der Waals surface area contributed by atoms with Gasteiger partial charge in [-0.15, -0.1) is 0 Å². The van der Waals surface area contributed by atoms with Gasteiger partial charge in [0.15, 0.2) is 0 Å². The van der Waals surface area contributed by atoms with Crippen LogP contribution in [0.4, 0.5) is 4.79 Å². The molecule has 0 aromatic heterocycles. The average Bonchev–Trinajstić information content (AvgIpc) is 2.98. The molecule has 0 aliphatic carbocycles. The molecule has 3 amide bonds. The van der Waals surface area contributed by atoms with Crippen molar-refractivity contribution in [3.05, 3.63) is 11.8 Å². The summed E-state index contributed by atoms with van der Waals surface area (Å²) >= 11 is 0. The number of ether oxygens (including phenoxy) is 1. The van der Waals surface area contributed by atoms with Crippen LogP contribution in [0.5, 0.6) is 0 Å². The molecule has 150 valence electrons. The largest absolute Gasteiger partial charge is 0.444 e. The number of amides is 3. The van der Waals surface area contributed by atoms with Gasteiger partial charge in [0.05, 0.1) is 0 Å². The van der Waals surface area contributed by atoms with Crippen molar-refractivity contribution in [1.29, 1.82) is 5.26 Å². The minimum atomic E-state index is -0.564. The molecule has 9 nitrogen and oxygen atoms in total. The molecule has 0 saturated carbocycles. The van der Waals surface area contributed by atoms with E-state index in [2.05, 4.69) is 16.0 Å². The lowest BCUT2D eigenvalue weighted by atomic mass is 10.2. The Morgan fingerprint density at radius 3 is 2.59 bits per heavy atom. The third-order valence-corrected chi connectivity index (χ3v) is 3.61. The number of hydrogen-bond acceptors (Lipinski definition) is 6. The predicted octanol–water partition coefficient (Wildman–Crippen LogP) is 0.637. The Bertz CT molecular complexity index is 604. The summed E-state index contributed by atoms with van der Waals surface area (Å²) in [5.41, 5.74) is -0.615. The molecule has 3 N–H and O–H groups in total. The quantitative estimate of drug-likeness (QED) is 0.307. The maximum Gasteiger partial charge on any atom is 0.407 e. The number of carbonyl (C=O) groups excluding carboxylic acids is 3. The highest BCUT2D eigenvalue weighted by atomic mass is 16.6. The minimum absolute atomic E-state index is 0.0514. The van der Waals surface area contributed by atoms with Gasteiger partial charge in [0.25, 0.3) is 5.91 Å². The Morgan fingerprint density at radius 1 is 1.26 bits per heavy atom. The summed E-state index contributed by atoms with van der Waals surface area (Å²) in [6.45, 7) is 7.72. The van der Waals surface area contributed by atoms with E-state index in [0.29, 0.717) is 32.5 Å². The fraction of sp³-hybridized carbons (Fsp3) is 0.667. The summed E-state index contributed by atoms with van der Waals surface area (Å²) in [6, 6.07) is 1.83. The van der Waals surface area contributed by atoms with Crippen LogP contribution in [0.15, 0.2) is 11.8 Å². The minimum Gasteiger partial charge on any atom is -0.444 e. The highest BCUT2D eigenvalue weighted by Crippen LogP contribution is 2.09. The standard InChI is InChI=1S/C18H29N5O4/c1-18(2,3)27-17(26)22-9-8-20-13-14(12-19)16(25)21-7-5-11-23-10-4-6-15(23)24/h13,20H,4-11H2,1-3H3,(H,21,25)(H,22,26)/b14-13-. The summed E-state index contributed by atoms with van der Waals surface area (Å²) < 4.78 is 5.09. The first-order chi connectivity index (χ1) is 12.7. The van der Waals surface area contributed by atoms with Gasteiger partial charge in [0, 0.05) is 45.3 Å². The van der Waals surface area contributed by atoms with Crippen molar-refractivity contribution >= 4 is 17.9 Å². The van der Waals surface area contributed by atoms with Crippen molar-refractivity contribution in [2.24, 2.45) is 0 Å². The van der Waals surface area contributed by atoms with Gasteiger partial charge >= 0.3 is 6.09 Å². The van der Waals surface area contributed by atoms with Gasteiger partial charge in [-0.1, -0.05) is 0 Å². The Labute approximate surface area is 160 Å². The van der Waals surface area contributed by atoms with Crippen LogP contribution in [0.3, 0.4) is 0 Å². The van der Waals surface area contributed by atoms with Gasteiger partial charge < -0.3 is 25.6 Å². The van der Waals surface area contributed by atoms with E-state index >= 15 is 0 Å². The molecule has 0 atom stereocenters. The highest BCUT2D eigenvalue weighted by Gasteiger charge is 2.19. The van der Waals surface area contributed by atoms with Crippen LogP contribution in [-0.4, -0.2) is 61.1 Å². The monoisotopic (exact) mass is 379 g/mol. The molecule has 0 aromatic rings. The summed E-state index contributed by atoms with van der Waals surface area (Å²) in [5, 5.41) is 17.1. The number of alkyl carbamates (subject to hydrolysis) is 1. The van der Waals surface area contributed by atoms with E-state index < -0.39 is 17.6 Å². The molecule has 1 aliphatic rings. The second-order valence-electron chi connectivity index (χ2n) is 7.15. The lowest BCUT2D eigenvalue weighted by molar-refractivity contribution is -0.127. The van der Waals surface area contributed by atoms with Gasteiger partial charge in [-0.2, -0.15) is 5.26 Å². The lowest BCUT2D eigenvalue weighted by Gasteiger charge is -2.19. The van der Waals surface area contributed by atoms with Crippen LogP contribution in [0.1, 0.15) is 40.0 Å². The van der Waals surface area contributed by atoms with Crippen LogP contribution < -0.4 is 16.0 Å².